The molecule has 118 valence electrons. The minimum Gasteiger partial charge on any atom is -0.306 e. The van der Waals surface area contributed by atoms with E-state index in [0.29, 0.717) is 5.65 Å². The molecule has 0 saturated heterocycles. The summed E-state index contributed by atoms with van der Waals surface area (Å²) in [6.07, 6.45) is 0. The van der Waals surface area contributed by atoms with Crippen LogP contribution in [0, 0.1) is 12.7 Å². The van der Waals surface area contributed by atoms with E-state index in [1.54, 1.807) is 16.8 Å². The van der Waals surface area contributed by atoms with E-state index in [-0.39, 0.29) is 11.4 Å². The van der Waals surface area contributed by atoms with Gasteiger partial charge in [-0.25, -0.2) is 9.07 Å². The normalized spacial score (nSPS) is 11.1. The van der Waals surface area contributed by atoms with Gasteiger partial charge in [-0.05, 0) is 42.3 Å². The number of pyridine rings is 1. The lowest BCUT2D eigenvalue weighted by atomic mass is 10.0. The molecule has 1 N–H and O–H groups in total. The van der Waals surface area contributed by atoms with Crippen LogP contribution in [0.5, 0.6) is 0 Å². The zero-order valence-corrected chi connectivity index (χ0v) is 13.0. The summed E-state index contributed by atoms with van der Waals surface area (Å²) in [6.45, 7) is 1.90. The molecule has 2 aromatic carbocycles. The summed E-state index contributed by atoms with van der Waals surface area (Å²) in [5.41, 5.74) is 3.59. The Hall–Kier alpha value is -3.21. The Kier molecular flexibility index (Phi) is 3.27. The lowest BCUT2D eigenvalue weighted by molar-refractivity contribution is 0.628. The van der Waals surface area contributed by atoms with Gasteiger partial charge in [0.25, 0.3) is 0 Å². The van der Waals surface area contributed by atoms with E-state index < -0.39 is 0 Å². The van der Waals surface area contributed by atoms with Gasteiger partial charge < -0.3 is 4.98 Å². The first-order valence-corrected chi connectivity index (χ1v) is 7.57. The van der Waals surface area contributed by atoms with E-state index in [1.165, 1.54) is 18.2 Å². The number of hydrogen-bond donors (Lipinski definition) is 1. The zero-order chi connectivity index (χ0) is 16.7. The third kappa shape index (κ3) is 2.31. The third-order valence-electron chi connectivity index (χ3n) is 4.00. The second-order valence-corrected chi connectivity index (χ2v) is 5.61. The van der Waals surface area contributed by atoms with Gasteiger partial charge >= 0.3 is 0 Å². The number of fused-ring (bicyclic) bond motifs is 1. The molecule has 0 unspecified atom stereocenters. The molecule has 5 heteroatoms. The van der Waals surface area contributed by atoms with E-state index >= 15 is 0 Å². The van der Waals surface area contributed by atoms with Crippen molar-refractivity contribution in [1.29, 1.82) is 0 Å². The Balaban J connectivity index is 2.05. The van der Waals surface area contributed by atoms with Crippen LogP contribution >= 0.6 is 0 Å². The summed E-state index contributed by atoms with van der Waals surface area (Å²) in [5, 5.41) is 5.43. The summed E-state index contributed by atoms with van der Waals surface area (Å²) >= 11 is 0. The van der Waals surface area contributed by atoms with Crippen molar-refractivity contribution in [2.24, 2.45) is 0 Å². The van der Waals surface area contributed by atoms with Crippen LogP contribution in [0.3, 0.4) is 0 Å². The van der Waals surface area contributed by atoms with Crippen LogP contribution in [0.25, 0.3) is 27.8 Å². The number of H-pyrrole nitrogens is 1. The summed E-state index contributed by atoms with van der Waals surface area (Å²) in [5.74, 6) is -0.309. The Morgan fingerprint density at radius 2 is 1.75 bits per heavy atom. The predicted molar refractivity (Wildman–Crippen MR) is 91.8 cm³/mol. The van der Waals surface area contributed by atoms with Crippen molar-refractivity contribution in [3.05, 3.63) is 82.5 Å². The fourth-order valence-corrected chi connectivity index (χ4v) is 2.93. The third-order valence-corrected chi connectivity index (χ3v) is 4.00. The Labute approximate surface area is 137 Å². The fourth-order valence-electron chi connectivity index (χ4n) is 2.93. The van der Waals surface area contributed by atoms with Crippen molar-refractivity contribution in [1.82, 2.24) is 14.8 Å². The SMILES string of the molecule is Cc1nn(-c2ccccc2)c2[nH]c(=O)cc(-c3ccc(F)cc3)c12. The van der Waals surface area contributed by atoms with Gasteiger partial charge in [-0.1, -0.05) is 30.3 Å². The number of para-hydroxylation sites is 1. The Morgan fingerprint density at radius 1 is 1.04 bits per heavy atom. The van der Waals surface area contributed by atoms with Crippen molar-refractivity contribution in [2.45, 2.75) is 6.92 Å². The molecule has 0 spiro atoms. The molecular weight excluding hydrogens is 305 g/mol. The van der Waals surface area contributed by atoms with Crippen molar-refractivity contribution in [3.8, 4) is 16.8 Å². The predicted octanol–water partition coefficient (Wildman–Crippen LogP) is 3.83. The number of hydrogen-bond acceptors (Lipinski definition) is 2. The van der Waals surface area contributed by atoms with Gasteiger partial charge in [0.05, 0.1) is 11.4 Å². The van der Waals surface area contributed by atoms with Gasteiger partial charge in [0, 0.05) is 11.5 Å². The molecule has 4 nitrogen and oxygen atoms in total. The van der Waals surface area contributed by atoms with Gasteiger partial charge in [0.1, 0.15) is 11.5 Å². The van der Waals surface area contributed by atoms with Crippen molar-refractivity contribution in [3.63, 3.8) is 0 Å². The first-order chi connectivity index (χ1) is 11.6. The Morgan fingerprint density at radius 3 is 2.46 bits per heavy atom. The van der Waals surface area contributed by atoms with Gasteiger partial charge in [0.2, 0.25) is 5.56 Å². The smallest absolute Gasteiger partial charge is 0.250 e. The molecule has 4 rings (SSSR count). The van der Waals surface area contributed by atoms with Crippen LogP contribution in [0.2, 0.25) is 0 Å². The first-order valence-electron chi connectivity index (χ1n) is 7.57. The molecule has 0 aliphatic rings. The Bertz CT molecular complexity index is 1080. The number of halogens is 1. The number of aromatic nitrogens is 3. The lowest BCUT2D eigenvalue weighted by Gasteiger charge is -2.06. The number of nitrogens with zero attached hydrogens (tertiary/aromatic N) is 2. The molecule has 0 radical (unpaired) electrons. The van der Waals surface area contributed by atoms with Crippen LogP contribution < -0.4 is 5.56 Å². The first kappa shape index (κ1) is 14.4. The van der Waals surface area contributed by atoms with E-state index in [1.807, 2.05) is 37.3 Å². The maximum atomic E-state index is 13.2. The monoisotopic (exact) mass is 319 g/mol. The highest BCUT2D eigenvalue weighted by Crippen LogP contribution is 2.30. The number of rotatable bonds is 2. The minimum atomic E-state index is -0.309. The van der Waals surface area contributed by atoms with Crippen LogP contribution in [0.1, 0.15) is 5.69 Å². The highest BCUT2D eigenvalue weighted by atomic mass is 19.1. The molecule has 0 atom stereocenters. The molecule has 0 aliphatic carbocycles. The zero-order valence-electron chi connectivity index (χ0n) is 13.0. The second-order valence-electron chi connectivity index (χ2n) is 5.61. The van der Waals surface area contributed by atoms with Gasteiger partial charge in [-0.3, -0.25) is 4.79 Å². The summed E-state index contributed by atoms with van der Waals surface area (Å²) < 4.78 is 14.9. The van der Waals surface area contributed by atoms with Gasteiger partial charge in [-0.15, -0.1) is 0 Å². The molecule has 0 aliphatic heterocycles. The van der Waals surface area contributed by atoms with Crippen molar-refractivity contribution < 1.29 is 4.39 Å². The second kappa shape index (κ2) is 5.45. The molecular formula is C19H14FN3O. The van der Waals surface area contributed by atoms with Crippen LogP contribution in [0.4, 0.5) is 4.39 Å². The molecule has 2 aromatic heterocycles. The number of benzene rings is 2. The molecule has 4 aromatic rings. The largest absolute Gasteiger partial charge is 0.306 e. The molecule has 0 fully saturated rings. The van der Waals surface area contributed by atoms with Gasteiger partial charge in [-0.2, -0.15) is 5.10 Å². The van der Waals surface area contributed by atoms with E-state index in [9.17, 15) is 9.18 Å². The van der Waals surface area contributed by atoms with E-state index in [2.05, 4.69) is 10.1 Å². The summed E-state index contributed by atoms with van der Waals surface area (Å²) in [4.78, 5) is 15.0. The number of aryl methyl sites for hydroxylation is 1. The topological polar surface area (TPSA) is 50.7 Å². The fraction of sp³-hybridized carbons (Fsp3) is 0.0526. The molecule has 0 bridgehead atoms. The van der Waals surface area contributed by atoms with Crippen molar-refractivity contribution >= 4 is 11.0 Å². The van der Waals surface area contributed by atoms with Crippen LogP contribution in [0.15, 0.2) is 65.5 Å². The van der Waals surface area contributed by atoms with Crippen molar-refractivity contribution in [2.75, 3.05) is 0 Å². The quantitative estimate of drug-likeness (QED) is 0.610. The molecule has 0 amide bonds. The summed E-state index contributed by atoms with van der Waals surface area (Å²) in [7, 11) is 0. The average molecular weight is 319 g/mol. The molecule has 24 heavy (non-hydrogen) atoms. The van der Waals surface area contributed by atoms with Gasteiger partial charge in [0.15, 0.2) is 0 Å². The maximum Gasteiger partial charge on any atom is 0.250 e. The maximum absolute atomic E-state index is 13.2. The van der Waals surface area contributed by atoms with E-state index in [0.717, 1.165) is 27.9 Å². The molecule has 2 heterocycles. The lowest BCUT2D eigenvalue weighted by Crippen LogP contribution is -2.07. The highest BCUT2D eigenvalue weighted by molar-refractivity contribution is 5.95. The highest BCUT2D eigenvalue weighted by Gasteiger charge is 2.15. The number of aromatic amines is 1. The standard InChI is InChI=1S/C19H14FN3O/c1-12-18-16(13-7-9-14(20)10-8-13)11-17(24)21-19(18)23(22-12)15-5-3-2-4-6-15/h2-11H,1H3,(H,21,24). The minimum absolute atomic E-state index is 0.223. The average Bonchev–Trinajstić information content (AvgIpc) is 2.92. The molecule has 0 saturated carbocycles. The van der Waals surface area contributed by atoms with Crippen LogP contribution in [-0.4, -0.2) is 14.8 Å². The summed E-state index contributed by atoms with van der Waals surface area (Å²) in [6, 6.07) is 17.3. The van der Waals surface area contributed by atoms with Crippen LogP contribution in [-0.2, 0) is 0 Å². The number of nitrogens with one attached hydrogen (secondary N) is 1. The van der Waals surface area contributed by atoms with E-state index in [4.69, 9.17) is 0 Å².